The molecule has 0 spiro atoms. The number of hydrogen-bond acceptors (Lipinski definition) is 4. The van der Waals surface area contributed by atoms with Crippen LogP contribution in [0.25, 0.3) is 0 Å². The zero-order valence-corrected chi connectivity index (χ0v) is 10.7. The highest BCUT2D eigenvalue weighted by Crippen LogP contribution is 2.33. The molecule has 0 aliphatic carbocycles. The Kier molecular flexibility index (Phi) is 4.84. The van der Waals surface area contributed by atoms with E-state index in [1.165, 1.54) is 0 Å². The van der Waals surface area contributed by atoms with E-state index in [-0.39, 0.29) is 12.7 Å². The van der Waals surface area contributed by atoms with Crippen molar-refractivity contribution in [3.63, 3.8) is 0 Å². The van der Waals surface area contributed by atoms with Gasteiger partial charge in [0.05, 0.1) is 13.7 Å². The van der Waals surface area contributed by atoms with Gasteiger partial charge in [-0.05, 0) is 25.3 Å². The van der Waals surface area contributed by atoms with E-state index in [1.54, 1.807) is 7.11 Å². The largest absolute Gasteiger partial charge is 0.493 e. The van der Waals surface area contributed by atoms with Crippen molar-refractivity contribution in [1.29, 1.82) is 0 Å². The summed E-state index contributed by atoms with van der Waals surface area (Å²) in [5.41, 5.74) is 0.974. The predicted molar refractivity (Wildman–Crippen MR) is 68.3 cm³/mol. The number of rotatable bonds is 5. The number of para-hydroxylation sites is 1. The fourth-order valence-electron chi connectivity index (χ4n) is 2.14. The van der Waals surface area contributed by atoms with Crippen molar-refractivity contribution in [2.24, 2.45) is 0 Å². The molecule has 1 heterocycles. The van der Waals surface area contributed by atoms with E-state index in [9.17, 15) is 0 Å². The van der Waals surface area contributed by atoms with Gasteiger partial charge in [-0.3, -0.25) is 0 Å². The minimum atomic E-state index is 0.0764. The molecule has 4 nitrogen and oxygen atoms in total. The molecule has 4 heteroatoms. The van der Waals surface area contributed by atoms with Gasteiger partial charge in [-0.2, -0.15) is 0 Å². The second-order valence-corrected chi connectivity index (χ2v) is 4.38. The fourth-order valence-corrected chi connectivity index (χ4v) is 2.14. The van der Waals surface area contributed by atoms with Crippen molar-refractivity contribution in [3.8, 4) is 11.5 Å². The van der Waals surface area contributed by atoms with E-state index >= 15 is 0 Å². The number of benzene rings is 1. The molecule has 0 amide bonds. The third-order valence-electron chi connectivity index (χ3n) is 3.06. The Morgan fingerprint density at radius 1 is 1.44 bits per heavy atom. The van der Waals surface area contributed by atoms with Crippen LogP contribution in [0, 0.1) is 0 Å². The van der Waals surface area contributed by atoms with E-state index in [1.807, 2.05) is 18.2 Å². The lowest BCUT2D eigenvalue weighted by Crippen LogP contribution is -2.28. The quantitative estimate of drug-likeness (QED) is 0.868. The van der Waals surface area contributed by atoms with Crippen molar-refractivity contribution in [2.45, 2.75) is 25.4 Å². The van der Waals surface area contributed by atoms with Crippen molar-refractivity contribution in [2.75, 3.05) is 26.9 Å². The number of hydrogen-bond donors (Lipinski definition) is 1. The van der Waals surface area contributed by atoms with Gasteiger partial charge in [-0.1, -0.05) is 12.1 Å². The number of ether oxygens (including phenoxy) is 3. The highest BCUT2D eigenvalue weighted by atomic mass is 16.5. The minimum absolute atomic E-state index is 0.0764. The first kappa shape index (κ1) is 13.2. The van der Waals surface area contributed by atoms with Crippen molar-refractivity contribution < 1.29 is 19.3 Å². The van der Waals surface area contributed by atoms with E-state index in [0.717, 1.165) is 30.8 Å². The molecule has 0 radical (unpaired) electrons. The summed E-state index contributed by atoms with van der Waals surface area (Å²) in [6, 6.07) is 5.74. The Labute approximate surface area is 107 Å². The van der Waals surface area contributed by atoms with Gasteiger partial charge < -0.3 is 19.3 Å². The number of methoxy groups -OCH3 is 1. The summed E-state index contributed by atoms with van der Waals surface area (Å²) < 4.78 is 16.7. The van der Waals surface area contributed by atoms with Gasteiger partial charge >= 0.3 is 0 Å². The molecule has 1 saturated heterocycles. The van der Waals surface area contributed by atoms with Crippen molar-refractivity contribution in [1.82, 2.24) is 0 Å². The number of aliphatic hydroxyl groups is 1. The smallest absolute Gasteiger partial charge is 0.164 e. The first-order chi connectivity index (χ1) is 8.85. The zero-order chi connectivity index (χ0) is 12.8. The first-order valence-corrected chi connectivity index (χ1v) is 6.36. The molecule has 0 saturated carbocycles. The lowest BCUT2D eigenvalue weighted by molar-refractivity contribution is 0.00596. The van der Waals surface area contributed by atoms with Gasteiger partial charge in [0.25, 0.3) is 0 Å². The molecule has 18 heavy (non-hydrogen) atoms. The van der Waals surface area contributed by atoms with Gasteiger partial charge in [0, 0.05) is 18.8 Å². The summed E-state index contributed by atoms with van der Waals surface area (Å²) in [7, 11) is 1.63. The van der Waals surface area contributed by atoms with Gasteiger partial charge in [-0.15, -0.1) is 0 Å². The maximum Gasteiger partial charge on any atom is 0.164 e. The van der Waals surface area contributed by atoms with E-state index < -0.39 is 0 Å². The highest BCUT2D eigenvalue weighted by Gasteiger charge is 2.19. The van der Waals surface area contributed by atoms with Crippen LogP contribution in [0.4, 0.5) is 0 Å². The van der Waals surface area contributed by atoms with Crippen LogP contribution < -0.4 is 9.47 Å². The Morgan fingerprint density at radius 2 is 2.33 bits per heavy atom. The molecule has 100 valence electrons. The summed E-state index contributed by atoms with van der Waals surface area (Å²) in [6.45, 7) is 1.54. The normalized spacial score (nSPS) is 19.6. The average molecular weight is 252 g/mol. The summed E-state index contributed by atoms with van der Waals surface area (Å²) >= 11 is 0. The second-order valence-electron chi connectivity index (χ2n) is 4.38. The lowest BCUT2D eigenvalue weighted by Gasteiger charge is -2.25. The molecule has 1 unspecified atom stereocenters. The summed E-state index contributed by atoms with van der Waals surface area (Å²) in [5.74, 6) is 1.45. The Hall–Kier alpha value is -1.26. The molecule has 1 fully saturated rings. The molecule has 1 N–H and O–H groups in total. The van der Waals surface area contributed by atoms with Crippen LogP contribution in [0.5, 0.6) is 11.5 Å². The van der Waals surface area contributed by atoms with Crippen LogP contribution in [-0.4, -0.2) is 38.1 Å². The maximum absolute atomic E-state index is 9.09. The van der Waals surface area contributed by atoms with E-state index in [4.69, 9.17) is 19.3 Å². The summed E-state index contributed by atoms with van der Waals surface area (Å²) in [5, 5.41) is 9.09. The van der Waals surface area contributed by atoms with Gasteiger partial charge in [0.1, 0.15) is 6.10 Å². The molecule has 1 aliphatic heterocycles. The highest BCUT2D eigenvalue weighted by molar-refractivity contribution is 5.46. The van der Waals surface area contributed by atoms with E-state index in [0.29, 0.717) is 18.8 Å². The first-order valence-electron chi connectivity index (χ1n) is 6.36. The van der Waals surface area contributed by atoms with Crippen LogP contribution in [0.3, 0.4) is 0 Å². The molecule has 0 aromatic heterocycles. The Balaban J connectivity index is 2.16. The Bertz CT molecular complexity index is 372. The van der Waals surface area contributed by atoms with Gasteiger partial charge in [-0.25, -0.2) is 0 Å². The molecule has 1 aromatic carbocycles. The third-order valence-corrected chi connectivity index (χ3v) is 3.06. The van der Waals surface area contributed by atoms with Crippen LogP contribution in [0.15, 0.2) is 18.2 Å². The van der Waals surface area contributed by atoms with Crippen LogP contribution in [-0.2, 0) is 11.2 Å². The van der Waals surface area contributed by atoms with Gasteiger partial charge in [0.2, 0.25) is 0 Å². The minimum Gasteiger partial charge on any atom is -0.493 e. The van der Waals surface area contributed by atoms with Crippen LogP contribution in [0.2, 0.25) is 0 Å². The molecule has 1 aromatic rings. The lowest BCUT2D eigenvalue weighted by atomic mass is 10.1. The topological polar surface area (TPSA) is 47.9 Å². The predicted octanol–water partition coefficient (Wildman–Crippen LogP) is 1.79. The molecule has 1 atom stereocenters. The monoisotopic (exact) mass is 252 g/mol. The van der Waals surface area contributed by atoms with Gasteiger partial charge in [0.15, 0.2) is 11.5 Å². The Morgan fingerprint density at radius 3 is 3.00 bits per heavy atom. The molecule has 0 bridgehead atoms. The van der Waals surface area contributed by atoms with Crippen LogP contribution >= 0.6 is 0 Å². The standard InChI is InChI=1S/C14H20O4/c1-16-13-6-2-4-11(7-8-15)14(13)18-12-5-3-9-17-10-12/h2,4,6,12,15H,3,5,7-10H2,1H3. The maximum atomic E-state index is 9.09. The summed E-state index contributed by atoms with van der Waals surface area (Å²) in [6.07, 6.45) is 2.67. The SMILES string of the molecule is COc1cccc(CCO)c1OC1CCCOC1. The molecular formula is C14H20O4. The summed E-state index contributed by atoms with van der Waals surface area (Å²) in [4.78, 5) is 0. The third kappa shape index (κ3) is 3.15. The number of aliphatic hydroxyl groups excluding tert-OH is 1. The molecule has 1 aliphatic rings. The molecular weight excluding hydrogens is 232 g/mol. The fraction of sp³-hybridized carbons (Fsp3) is 0.571. The van der Waals surface area contributed by atoms with Crippen LogP contribution in [0.1, 0.15) is 18.4 Å². The molecule has 2 rings (SSSR count). The van der Waals surface area contributed by atoms with Crippen molar-refractivity contribution >= 4 is 0 Å². The van der Waals surface area contributed by atoms with Crippen molar-refractivity contribution in [3.05, 3.63) is 23.8 Å². The average Bonchev–Trinajstić information content (AvgIpc) is 2.42. The second kappa shape index (κ2) is 6.61. The van der Waals surface area contributed by atoms with E-state index in [2.05, 4.69) is 0 Å². The zero-order valence-electron chi connectivity index (χ0n) is 10.7.